The maximum absolute atomic E-state index is 14.0. The number of halogens is 1. The van der Waals surface area contributed by atoms with Gasteiger partial charge in [-0.2, -0.15) is 5.10 Å². The summed E-state index contributed by atoms with van der Waals surface area (Å²) < 4.78 is 15.7. The summed E-state index contributed by atoms with van der Waals surface area (Å²) in [5.41, 5.74) is 1.10. The number of carbonyl (C=O) groups is 1. The Hall–Kier alpha value is -2.21. The highest BCUT2D eigenvalue weighted by Crippen LogP contribution is 2.15. The number of carboxylic acids is 1. The van der Waals surface area contributed by atoms with Crippen LogP contribution in [0.1, 0.15) is 21.5 Å². The molecule has 1 aromatic heterocycles. The van der Waals surface area contributed by atoms with Crippen molar-refractivity contribution in [3.8, 4) is 0 Å². The first kappa shape index (κ1) is 14.2. The lowest BCUT2D eigenvalue weighted by Crippen LogP contribution is -2.18. The van der Waals surface area contributed by atoms with Gasteiger partial charge in [-0.05, 0) is 13.1 Å². The number of benzene rings is 1. The molecule has 0 amide bonds. The molecule has 1 heterocycles. The zero-order chi connectivity index (χ0) is 14.7. The minimum absolute atomic E-state index is 0.294. The van der Waals surface area contributed by atoms with E-state index < -0.39 is 11.8 Å². The van der Waals surface area contributed by atoms with Crippen molar-refractivity contribution in [2.45, 2.75) is 13.1 Å². The molecule has 106 valence electrons. The van der Waals surface area contributed by atoms with Gasteiger partial charge >= 0.3 is 5.97 Å². The van der Waals surface area contributed by atoms with Crippen molar-refractivity contribution in [2.24, 2.45) is 7.05 Å². The molecule has 0 aliphatic rings. The number of aromatic carboxylic acids is 1. The van der Waals surface area contributed by atoms with Crippen LogP contribution >= 0.6 is 0 Å². The van der Waals surface area contributed by atoms with Crippen LogP contribution in [0.25, 0.3) is 0 Å². The van der Waals surface area contributed by atoms with Crippen molar-refractivity contribution < 1.29 is 14.3 Å². The first-order valence-electron chi connectivity index (χ1n) is 6.14. The highest BCUT2D eigenvalue weighted by Gasteiger charge is 2.15. The SMILES string of the molecule is CN(Cc1cnn(C)c1)Cc1cccc(C(=O)O)c1F. The summed E-state index contributed by atoms with van der Waals surface area (Å²) in [6, 6.07) is 4.42. The van der Waals surface area contributed by atoms with E-state index in [0.717, 1.165) is 5.56 Å². The zero-order valence-electron chi connectivity index (χ0n) is 11.4. The fraction of sp³-hybridized carbons (Fsp3) is 0.286. The normalized spacial score (nSPS) is 11.0. The summed E-state index contributed by atoms with van der Waals surface area (Å²) in [6.45, 7) is 0.951. The van der Waals surface area contributed by atoms with Crippen LogP contribution in [-0.2, 0) is 20.1 Å². The van der Waals surface area contributed by atoms with Gasteiger partial charge in [-0.1, -0.05) is 12.1 Å². The van der Waals surface area contributed by atoms with Crippen LogP contribution in [-0.4, -0.2) is 32.8 Å². The Morgan fingerprint density at radius 2 is 2.20 bits per heavy atom. The van der Waals surface area contributed by atoms with E-state index in [1.54, 1.807) is 23.0 Å². The molecular formula is C14H16FN3O2. The third kappa shape index (κ3) is 3.21. The van der Waals surface area contributed by atoms with Crippen LogP contribution in [0, 0.1) is 5.82 Å². The van der Waals surface area contributed by atoms with Crippen LogP contribution in [0.15, 0.2) is 30.6 Å². The molecular weight excluding hydrogens is 261 g/mol. The van der Waals surface area contributed by atoms with E-state index in [1.807, 2.05) is 25.2 Å². The van der Waals surface area contributed by atoms with Crippen LogP contribution in [0.5, 0.6) is 0 Å². The van der Waals surface area contributed by atoms with Gasteiger partial charge in [-0.3, -0.25) is 9.58 Å². The molecule has 2 aromatic rings. The molecule has 0 aliphatic carbocycles. The van der Waals surface area contributed by atoms with E-state index in [-0.39, 0.29) is 5.56 Å². The average Bonchev–Trinajstić information content (AvgIpc) is 2.77. The van der Waals surface area contributed by atoms with Crippen LogP contribution in [0.4, 0.5) is 4.39 Å². The molecule has 0 aliphatic heterocycles. The standard InChI is InChI=1S/C14H16FN3O2/c1-17(7-10-6-16-18(2)8-10)9-11-4-3-5-12(13(11)15)14(19)20/h3-6,8H,7,9H2,1-2H3,(H,19,20). The fourth-order valence-corrected chi connectivity index (χ4v) is 2.08. The maximum Gasteiger partial charge on any atom is 0.338 e. The van der Waals surface area contributed by atoms with Gasteiger partial charge in [0.15, 0.2) is 0 Å². The molecule has 0 fully saturated rings. The molecule has 0 atom stereocenters. The van der Waals surface area contributed by atoms with E-state index in [4.69, 9.17) is 5.11 Å². The molecule has 0 saturated heterocycles. The predicted octanol–water partition coefficient (Wildman–Crippen LogP) is 1.89. The minimum atomic E-state index is -1.25. The number of nitrogens with zero attached hydrogens (tertiary/aromatic N) is 3. The Balaban J connectivity index is 2.09. The Morgan fingerprint density at radius 3 is 2.80 bits per heavy atom. The van der Waals surface area contributed by atoms with Crippen LogP contribution < -0.4 is 0 Å². The Kier molecular flexibility index (Phi) is 4.14. The Bertz CT molecular complexity index is 625. The quantitative estimate of drug-likeness (QED) is 0.906. The van der Waals surface area contributed by atoms with Gasteiger partial charge in [0.1, 0.15) is 5.82 Å². The molecule has 5 nitrogen and oxygen atoms in total. The topological polar surface area (TPSA) is 58.4 Å². The molecule has 2 rings (SSSR count). The average molecular weight is 277 g/mol. The van der Waals surface area contributed by atoms with Crippen molar-refractivity contribution in [1.82, 2.24) is 14.7 Å². The first-order chi connectivity index (χ1) is 9.47. The van der Waals surface area contributed by atoms with E-state index in [9.17, 15) is 9.18 Å². The number of aryl methyl sites for hydroxylation is 1. The molecule has 0 bridgehead atoms. The van der Waals surface area contributed by atoms with E-state index in [1.165, 1.54) is 6.07 Å². The summed E-state index contributed by atoms with van der Waals surface area (Å²) in [5, 5.41) is 13.0. The molecule has 0 radical (unpaired) electrons. The Labute approximate surface area is 116 Å². The second-order valence-electron chi connectivity index (χ2n) is 4.78. The monoisotopic (exact) mass is 277 g/mol. The predicted molar refractivity (Wildman–Crippen MR) is 71.7 cm³/mol. The summed E-state index contributed by atoms with van der Waals surface area (Å²) in [4.78, 5) is 12.8. The van der Waals surface area contributed by atoms with E-state index in [2.05, 4.69) is 5.10 Å². The van der Waals surface area contributed by atoms with Crippen molar-refractivity contribution in [3.05, 3.63) is 53.1 Å². The summed E-state index contributed by atoms with van der Waals surface area (Å²) in [7, 11) is 3.68. The van der Waals surface area contributed by atoms with E-state index in [0.29, 0.717) is 18.7 Å². The number of hydrogen-bond donors (Lipinski definition) is 1. The minimum Gasteiger partial charge on any atom is -0.478 e. The molecule has 20 heavy (non-hydrogen) atoms. The summed E-state index contributed by atoms with van der Waals surface area (Å²) >= 11 is 0. The van der Waals surface area contributed by atoms with Crippen molar-refractivity contribution >= 4 is 5.97 Å². The van der Waals surface area contributed by atoms with Gasteiger partial charge in [0, 0.05) is 37.5 Å². The maximum atomic E-state index is 14.0. The fourth-order valence-electron chi connectivity index (χ4n) is 2.08. The largest absolute Gasteiger partial charge is 0.478 e. The second-order valence-corrected chi connectivity index (χ2v) is 4.78. The van der Waals surface area contributed by atoms with Crippen molar-refractivity contribution in [3.63, 3.8) is 0 Å². The smallest absolute Gasteiger partial charge is 0.338 e. The second kappa shape index (κ2) is 5.83. The summed E-state index contributed by atoms with van der Waals surface area (Å²) in [5.74, 6) is -1.92. The van der Waals surface area contributed by atoms with Gasteiger partial charge in [0.2, 0.25) is 0 Å². The molecule has 0 saturated carbocycles. The summed E-state index contributed by atoms with van der Waals surface area (Å²) in [6.07, 6.45) is 3.64. The molecule has 0 spiro atoms. The third-order valence-electron chi connectivity index (χ3n) is 2.96. The third-order valence-corrected chi connectivity index (χ3v) is 2.96. The van der Waals surface area contributed by atoms with E-state index >= 15 is 0 Å². The number of rotatable bonds is 5. The van der Waals surface area contributed by atoms with Gasteiger partial charge in [-0.25, -0.2) is 9.18 Å². The van der Waals surface area contributed by atoms with Gasteiger partial charge < -0.3 is 5.11 Å². The lowest BCUT2D eigenvalue weighted by molar-refractivity contribution is 0.0691. The van der Waals surface area contributed by atoms with Crippen molar-refractivity contribution in [2.75, 3.05) is 7.05 Å². The first-order valence-corrected chi connectivity index (χ1v) is 6.14. The van der Waals surface area contributed by atoms with Gasteiger partial charge in [0.05, 0.1) is 11.8 Å². The number of hydrogen-bond acceptors (Lipinski definition) is 3. The Morgan fingerprint density at radius 1 is 1.45 bits per heavy atom. The molecule has 0 unspecified atom stereocenters. The lowest BCUT2D eigenvalue weighted by atomic mass is 10.1. The molecule has 6 heteroatoms. The highest BCUT2D eigenvalue weighted by atomic mass is 19.1. The van der Waals surface area contributed by atoms with Gasteiger partial charge in [0.25, 0.3) is 0 Å². The number of carboxylic acid groups (broad SMARTS) is 1. The highest BCUT2D eigenvalue weighted by molar-refractivity contribution is 5.88. The molecule has 1 N–H and O–H groups in total. The van der Waals surface area contributed by atoms with Gasteiger partial charge in [-0.15, -0.1) is 0 Å². The van der Waals surface area contributed by atoms with Crippen molar-refractivity contribution in [1.29, 1.82) is 0 Å². The number of aromatic nitrogens is 2. The van der Waals surface area contributed by atoms with Crippen LogP contribution in [0.2, 0.25) is 0 Å². The zero-order valence-corrected chi connectivity index (χ0v) is 11.4. The molecule has 1 aromatic carbocycles. The lowest BCUT2D eigenvalue weighted by Gasteiger charge is -2.16. The van der Waals surface area contributed by atoms with Crippen LogP contribution in [0.3, 0.4) is 0 Å².